The summed E-state index contributed by atoms with van der Waals surface area (Å²) in [5, 5.41) is 17.9. The van der Waals surface area contributed by atoms with E-state index in [-0.39, 0.29) is 30.9 Å². The molecule has 0 aromatic carbocycles. The minimum absolute atomic E-state index is 0.153. The van der Waals surface area contributed by atoms with Gasteiger partial charge in [0.15, 0.2) is 0 Å². The third-order valence-electron chi connectivity index (χ3n) is 2.98. The predicted octanol–water partition coefficient (Wildman–Crippen LogP) is 0.200. The average molecular weight is 154 g/mol. The highest BCUT2D eigenvalue weighted by atomic mass is 16.3. The zero-order chi connectivity index (χ0) is 8.43. The van der Waals surface area contributed by atoms with Gasteiger partial charge in [0.1, 0.15) is 0 Å². The van der Waals surface area contributed by atoms with Crippen molar-refractivity contribution in [2.24, 2.45) is 17.8 Å². The van der Waals surface area contributed by atoms with Gasteiger partial charge in [-0.3, -0.25) is 0 Å². The Morgan fingerprint density at radius 3 is 2.36 bits per heavy atom. The van der Waals surface area contributed by atoms with Gasteiger partial charge in [-0.05, 0) is 17.8 Å². The number of hydrogen-bond donors (Lipinski definition) is 2. The molecule has 0 amide bonds. The fourth-order valence-corrected chi connectivity index (χ4v) is 2.01. The second kappa shape index (κ2) is 3.59. The molecule has 1 aliphatic rings. The van der Waals surface area contributed by atoms with E-state index in [1.165, 1.54) is 0 Å². The standard InChI is InChI=1S/C8H15BO2/c1-5-7(4-11)6(3-10)2-8(5)9/h5-8,10-11H,2-4H2,1H3/t5?,6-,7-,8-/m1/s1. The summed E-state index contributed by atoms with van der Waals surface area (Å²) in [7, 11) is 5.79. The molecule has 1 unspecified atom stereocenters. The highest BCUT2D eigenvalue weighted by Gasteiger charge is 2.36. The van der Waals surface area contributed by atoms with Gasteiger partial charge < -0.3 is 10.2 Å². The molecule has 0 aliphatic heterocycles. The maximum atomic E-state index is 8.99. The minimum Gasteiger partial charge on any atom is -0.396 e. The molecule has 1 fully saturated rings. The maximum Gasteiger partial charge on any atom is 0.0703 e. The Bertz CT molecular complexity index is 129. The molecule has 1 aliphatic carbocycles. The normalized spacial score (nSPS) is 44.6. The van der Waals surface area contributed by atoms with Crippen molar-refractivity contribution in [3.8, 4) is 0 Å². The molecule has 3 heteroatoms. The Kier molecular flexibility index (Phi) is 2.96. The Morgan fingerprint density at radius 2 is 2.00 bits per heavy atom. The molecular weight excluding hydrogens is 139 g/mol. The van der Waals surface area contributed by atoms with Gasteiger partial charge in [0.2, 0.25) is 0 Å². The van der Waals surface area contributed by atoms with E-state index in [0.29, 0.717) is 5.92 Å². The van der Waals surface area contributed by atoms with Crippen molar-refractivity contribution < 1.29 is 10.2 Å². The van der Waals surface area contributed by atoms with Crippen LogP contribution in [0.5, 0.6) is 0 Å². The SMILES string of the molecule is [B][C@@H]1C[C@H](CO)[C@H](CO)C1C. The molecule has 1 saturated carbocycles. The van der Waals surface area contributed by atoms with Gasteiger partial charge in [0, 0.05) is 13.2 Å². The second-order valence-electron chi connectivity index (χ2n) is 3.55. The predicted molar refractivity (Wildman–Crippen MR) is 44.4 cm³/mol. The summed E-state index contributed by atoms with van der Waals surface area (Å²) in [6.07, 6.45) is 0.850. The third-order valence-corrected chi connectivity index (χ3v) is 2.98. The second-order valence-corrected chi connectivity index (χ2v) is 3.55. The summed E-state index contributed by atoms with van der Waals surface area (Å²) in [6.45, 7) is 2.35. The van der Waals surface area contributed by atoms with E-state index >= 15 is 0 Å². The van der Waals surface area contributed by atoms with Crippen molar-refractivity contribution >= 4 is 7.85 Å². The summed E-state index contributed by atoms with van der Waals surface area (Å²) < 4.78 is 0. The van der Waals surface area contributed by atoms with Crippen LogP contribution < -0.4 is 0 Å². The van der Waals surface area contributed by atoms with E-state index in [9.17, 15) is 0 Å². The molecule has 0 aromatic rings. The van der Waals surface area contributed by atoms with E-state index in [1.807, 2.05) is 6.92 Å². The molecule has 0 heterocycles. The molecule has 0 saturated heterocycles. The molecule has 0 aromatic heterocycles. The lowest BCUT2D eigenvalue weighted by molar-refractivity contribution is 0.122. The first-order valence-electron chi connectivity index (χ1n) is 4.18. The largest absolute Gasteiger partial charge is 0.396 e. The molecule has 2 nitrogen and oxygen atoms in total. The third kappa shape index (κ3) is 1.59. The van der Waals surface area contributed by atoms with E-state index in [2.05, 4.69) is 0 Å². The Balaban J connectivity index is 2.57. The summed E-state index contributed by atoms with van der Waals surface area (Å²) in [5.41, 5.74) is 0. The van der Waals surface area contributed by atoms with Gasteiger partial charge in [0.05, 0.1) is 7.85 Å². The van der Waals surface area contributed by atoms with Crippen LogP contribution in [0.25, 0.3) is 0 Å². The maximum absolute atomic E-state index is 8.99. The van der Waals surface area contributed by atoms with Gasteiger partial charge >= 0.3 is 0 Å². The molecule has 4 atom stereocenters. The quantitative estimate of drug-likeness (QED) is 0.557. The number of aliphatic hydroxyl groups excluding tert-OH is 2. The highest BCUT2D eigenvalue weighted by Crippen LogP contribution is 2.42. The Morgan fingerprint density at radius 1 is 1.36 bits per heavy atom. The van der Waals surface area contributed by atoms with Gasteiger partial charge in [-0.1, -0.05) is 19.2 Å². The van der Waals surface area contributed by atoms with Crippen LogP contribution >= 0.6 is 0 Å². The van der Waals surface area contributed by atoms with E-state index in [4.69, 9.17) is 18.1 Å². The van der Waals surface area contributed by atoms with Crippen LogP contribution in [-0.4, -0.2) is 31.3 Å². The summed E-state index contributed by atoms with van der Waals surface area (Å²) in [4.78, 5) is 0. The van der Waals surface area contributed by atoms with Crippen molar-refractivity contribution in [3.05, 3.63) is 0 Å². The Labute approximate surface area is 69.0 Å². The van der Waals surface area contributed by atoms with Gasteiger partial charge in [0.25, 0.3) is 0 Å². The first-order chi connectivity index (χ1) is 5.20. The topological polar surface area (TPSA) is 40.5 Å². The van der Waals surface area contributed by atoms with E-state index in [0.717, 1.165) is 6.42 Å². The summed E-state index contributed by atoms with van der Waals surface area (Å²) >= 11 is 0. The van der Waals surface area contributed by atoms with E-state index < -0.39 is 0 Å². The number of rotatable bonds is 2. The summed E-state index contributed by atoms with van der Waals surface area (Å²) in [6, 6.07) is 0. The van der Waals surface area contributed by atoms with Crippen LogP contribution in [0.1, 0.15) is 13.3 Å². The van der Waals surface area contributed by atoms with Gasteiger partial charge in [-0.2, -0.15) is 0 Å². The summed E-state index contributed by atoms with van der Waals surface area (Å²) in [5.74, 6) is 0.918. The number of hydrogen-bond acceptors (Lipinski definition) is 2. The molecule has 2 radical (unpaired) electrons. The van der Waals surface area contributed by atoms with Crippen molar-refractivity contribution in [1.29, 1.82) is 0 Å². The average Bonchev–Trinajstić information content (AvgIpc) is 2.28. The van der Waals surface area contributed by atoms with Crippen LogP contribution in [0.4, 0.5) is 0 Å². The smallest absolute Gasteiger partial charge is 0.0703 e. The first kappa shape index (κ1) is 9.08. The van der Waals surface area contributed by atoms with Crippen LogP contribution in [0.15, 0.2) is 0 Å². The van der Waals surface area contributed by atoms with Crippen molar-refractivity contribution in [1.82, 2.24) is 0 Å². The number of aliphatic hydroxyl groups is 2. The lowest BCUT2D eigenvalue weighted by Crippen LogP contribution is -2.20. The van der Waals surface area contributed by atoms with Crippen LogP contribution in [0.2, 0.25) is 5.82 Å². The molecular formula is C8H15BO2. The van der Waals surface area contributed by atoms with Crippen LogP contribution in [0, 0.1) is 17.8 Å². The zero-order valence-electron chi connectivity index (χ0n) is 6.90. The molecule has 0 spiro atoms. The molecule has 2 N–H and O–H groups in total. The molecule has 11 heavy (non-hydrogen) atoms. The minimum atomic E-state index is 0.153. The van der Waals surface area contributed by atoms with Gasteiger partial charge in [-0.25, -0.2) is 0 Å². The fraction of sp³-hybridized carbons (Fsp3) is 1.00. The monoisotopic (exact) mass is 154 g/mol. The van der Waals surface area contributed by atoms with Crippen LogP contribution in [-0.2, 0) is 0 Å². The first-order valence-corrected chi connectivity index (χ1v) is 4.18. The fourth-order valence-electron chi connectivity index (χ4n) is 2.01. The van der Waals surface area contributed by atoms with Crippen molar-refractivity contribution in [2.45, 2.75) is 19.2 Å². The van der Waals surface area contributed by atoms with Gasteiger partial charge in [-0.15, -0.1) is 0 Å². The highest BCUT2D eigenvalue weighted by molar-refractivity contribution is 6.12. The van der Waals surface area contributed by atoms with Crippen molar-refractivity contribution in [3.63, 3.8) is 0 Å². The lowest BCUT2D eigenvalue weighted by Gasteiger charge is -2.18. The molecule has 62 valence electrons. The zero-order valence-corrected chi connectivity index (χ0v) is 6.90. The van der Waals surface area contributed by atoms with Crippen molar-refractivity contribution in [2.75, 3.05) is 13.2 Å². The lowest BCUT2D eigenvalue weighted by atomic mass is 9.78. The van der Waals surface area contributed by atoms with Crippen LogP contribution in [0.3, 0.4) is 0 Å². The molecule has 1 rings (SSSR count). The van der Waals surface area contributed by atoms with E-state index in [1.54, 1.807) is 0 Å². The Hall–Kier alpha value is -0.0151. The molecule has 0 bridgehead atoms.